The lowest BCUT2D eigenvalue weighted by Crippen LogP contribution is -2.40. The molecule has 3 N–H and O–H groups in total. The number of hydrogen-bond acceptors (Lipinski definition) is 2. The average Bonchev–Trinajstić information content (AvgIpc) is 2.66. The molecule has 1 heterocycles. The summed E-state index contributed by atoms with van der Waals surface area (Å²) in [6.07, 6.45) is 10.1. The molecule has 2 aliphatic rings. The molecule has 1 aliphatic carbocycles. The first-order valence-corrected chi connectivity index (χ1v) is 7.49. The zero-order chi connectivity index (χ0) is 12.6. The van der Waals surface area contributed by atoms with E-state index in [4.69, 9.17) is 10.5 Å². The first-order valence-electron chi connectivity index (χ1n) is 7.49. The van der Waals surface area contributed by atoms with Crippen LogP contribution in [0.1, 0.15) is 51.4 Å². The molecule has 0 aromatic rings. The first kappa shape index (κ1) is 13.7. The molecule has 0 unspecified atom stereocenters. The predicted molar refractivity (Wildman–Crippen MR) is 74.7 cm³/mol. The SMILES string of the molecule is NC(=NCC1CCOCC1)NC1CCCCCC1. The lowest BCUT2D eigenvalue weighted by Gasteiger charge is -2.21. The lowest BCUT2D eigenvalue weighted by molar-refractivity contribution is 0.0689. The van der Waals surface area contributed by atoms with Crippen LogP contribution in [0, 0.1) is 5.92 Å². The van der Waals surface area contributed by atoms with Gasteiger partial charge in [0.15, 0.2) is 5.96 Å². The van der Waals surface area contributed by atoms with Crippen LogP contribution in [0.15, 0.2) is 4.99 Å². The normalized spacial score (nSPS) is 24.8. The van der Waals surface area contributed by atoms with Crippen molar-refractivity contribution in [3.63, 3.8) is 0 Å². The maximum atomic E-state index is 5.98. The fourth-order valence-corrected chi connectivity index (χ4v) is 2.83. The molecule has 18 heavy (non-hydrogen) atoms. The topological polar surface area (TPSA) is 59.6 Å². The highest BCUT2D eigenvalue weighted by Gasteiger charge is 2.14. The van der Waals surface area contributed by atoms with Crippen LogP contribution in [0.4, 0.5) is 0 Å². The number of nitrogens with one attached hydrogen (secondary N) is 1. The molecule has 104 valence electrons. The number of guanidine groups is 1. The molecule has 0 bridgehead atoms. The van der Waals surface area contributed by atoms with Gasteiger partial charge in [-0.15, -0.1) is 0 Å². The van der Waals surface area contributed by atoms with Crippen LogP contribution >= 0.6 is 0 Å². The van der Waals surface area contributed by atoms with Gasteiger partial charge in [0.1, 0.15) is 0 Å². The van der Waals surface area contributed by atoms with Crippen molar-refractivity contribution in [1.82, 2.24) is 5.32 Å². The van der Waals surface area contributed by atoms with E-state index in [-0.39, 0.29) is 0 Å². The Morgan fingerprint density at radius 3 is 2.39 bits per heavy atom. The molecule has 0 atom stereocenters. The molecule has 1 saturated carbocycles. The highest BCUT2D eigenvalue weighted by Crippen LogP contribution is 2.17. The second kappa shape index (κ2) is 7.62. The van der Waals surface area contributed by atoms with E-state index in [0.717, 1.165) is 32.6 Å². The molecule has 2 fully saturated rings. The third-order valence-electron chi connectivity index (χ3n) is 4.07. The van der Waals surface area contributed by atoms with E-state index >= 15 is 0 Å². The molecule has 1 saturated heterocycles. The Kier molecular flexibility index (Phi) is 5.78. The van der Waals surface area contributed by atoms with Crippen molar-refractivity contribution in [2.45, 2.75) is 57.4 Å². The first-order chi connectivity index (χ1) is 8.84. The molecular formula is C14H27N3O. The predicted octanol–water partition coefficient (Wildman–Crippen LogP) is 2.04. The number of hydrogen-bond donors (Lipinski definition) is 2. The van der Waals surface area contributed by atoms with E-state index in [1.165, 1.54) is 38.5 Å². The minimum Gasteiger partial charge on any atom is -0.381 e. The Labute approximate surface area is 110 Å². The second-order valence-corrected chi connectivity index (χ2v) is 5.61. The lowest BCUT2D eigenvalue weighted by atomic mass is 10.0. The molecule has 0 amide bonds. The van der Waals surface area contributed by atoms with Crippen LogP contribution in [0.5, 0.6) is 0 Å². The molecule has 4 nitrogen and oxygen atoms in total. The average molecular weight is 253 g/mol. The molecule has 0 radical (unpaired) electrons. The summed E-state index contributed by atoms with van der Waals surface area (Å²) in [6, 6.07) is 0.547. The largest absolute Gasteiger partial charge is 0.381 e. The van der Waals surface area contributed by atoms with Crippen LogP contribution in [-0.4, -0.2) is 31.8 Å². The fourth-order valence-electron chi connectivity index (χ4n) is 2.83. The molecule has 1 aliphatic heterocycles. The fraction of sp³-hybridized carbons (Fsp3) is 0.929. The van der Waals surface area contributed by atoms with Crippen molar-refractivity contribution in [1.29, 1.82) is 0 Å². The molecule has 0 spiro atoms. The monoisotopic (exact) mass is 253 g/mol. The third kappa shape index (κ3) is 4.84. The highest BCUT2D eigenvalue weighted by molar-refractivity contribution is 5.78. The van der Waals surface area contributed by atoms with Crippen LogP contribution in [-0.2, 0) is 4.74 Å². The van der Waals surface area contributed by atoms with E-state index in [9.17, 15) is 0 Å². The van der Waals surface area contributed by atoms with Gasteiger partial charge in [0.2, 0.25) is 0 Å². The van der Waals surface area contributed by atoms with Crippen LogP contribution in [0.25, 0.3) is 0 Å². The molecule has 0 aromatic heterocycles. The summed E-state index contributed by atoms with van der Waals surface area (Å²) < 4.78 is 5.35. The minimum atomic E-state index is 0.547. The number of nitrogens with zero attached hydrogens (tertiary/aromatic N) is 1. The van der Waals surface area contributed by atoms with Crippen molar-refractivity contribution in [2.24, 2.45) is 16.6 Å². The highest BCUT2D eigenvalue weighted by atomic mass is 16.5. The van der Waals surface area contributed by atoms with Gasteiger partial charge in [-0.25, -0.2) is 0 Å². The zero-order valence-electron chi connectivity index (χ0n) is 11.4. The van der Waals surface area contributed by atoms with E-state index in [1.807, 2.05) is 0 Å². The Morgan fingerprint density at radius 1 is 1.06 bits per heavy atom. The van der Waals surface area contributed by atoms with Crippen molar-refractivity contribution in [3.8, 4) is 0 Å². The van der Waals surface area contributed by atoms with E-state index in [1.54, 1.807) is 0 Å². The Morgan fingerprint density at radius 2 is 1.72 bits per heavy atom. The summed E-state index contributed by atoms with van der Waals surface area (Å²) in [5.74, 6) is 1.31. The van der Waals surface area contributed by atoms with Crippen LogP contribution < -0.4 is 11.1 Å². The van der Waals surface area contributed by atoms with Gasteiger partial charge in [-0.1, -0.05) is 25.7 Å². The van der Waals surface area contributed by atoms with Gasteiger partial charge in [0.25, 0.3) is 0 Å². The van der Waals surface area contributed by atoms with E-state index < -0.39 is 0 Å². The van der Waals surface area contributed by atoms with Crippen molar-refractivity contribution in [2.75, 3.05) is 19.8 Å². The summed E-state index contributed by atoms with van der Waals surface area (Å²) in [4.78, 5) is 4.50. The number of ether oxygens (including phenoxy) is 1. The molecular weight excluding hydrogens is 226 g/mol. The second-order valence-electron chi connectivity index (χ2n) is 5.61. The number of nitrogens with two attached hydrogens (primary N) is 1. The van der Waals surface area contributed by atoms with Crippen LogP contribution in [0.3, 0.4) is 0 Å². The molecule has 0 aromatic carbocycles. The van der Waals surface area contributed by atoms with E-state index in [2.05, 4.69) is 10.3 Å². The van der Waals surface area contributed by atoms with Crippen LogP contribution in [0.2, 0.25) is 0 Å². The van der Waals surface area contributed by atoms with Gasteiger partial charge >= 0.3 is 0 Å². The van der Waals surface area contributed by atoms with Gasteiger partial charge in [0, 0.05) is 25.8 Å². The van der Waals surface area contributed by atoms with Gasteiger partial charge in [-0.05, 0) is 31.6 Å². The van der Waals surface area contributed by atoms with Crippen molar-refractivity contribution >= 4 is 5.96 Å². The quantitative estimate of drug-likeness (QED) is 0.460. The number of rotatable bonds is 3. The van der Waals surface area contributed by atoms with Gasteiger partial charge in [-0.3, -0.25) is 4.99 Å². The zero-order valence-corrected chi connectivity index (χ0v) is 11.4. The summed E-state index contributed by atoms with van der Waals surface area (Å²) in [5.41, 5.74) is 5.98. The minimum absolute atomic E-state index is 0.547. The number of aliphatic imine (C=N–C) groups is 1. The standard InChI is InChI=1S/C14H27N3O/c15-14(16-11-12-7-9-18-10-8-12)17-13-5-3-1-2-4-6-13/h12-13H,1-11H2,(H3,15,16,17). The van der Waals surface area contributed by atoms with Gasteiger partial charge in [0.05, 0.1) is 0 Å². The summed E-state index contributed by atoms with van der Waals surface area (Å²) >= 11 is 0. The summed E-state index contributed by atoms with van der Waals surface area (Å²) in [6.45, 7) is 2.63. The van der Waals surface area contributed by atoms with E-state index in [0.29, 0.717) is 17.9 Å². The Balaban J connectivity index is 1.70. The summed E-state index contributed by atoms with van der Waals surface area (Å²) in [5, 5.41) is 3.39. The molecule has 4 heteroatoms. The smallest absolute Gasteiger partial charge is 0.188 e. The van der Waals surface area contributed by atoms with Crippen molar-refractivity contribution < 1.29 is 4.74 Å². The maximum Gasteiger partial charge on any atom is 0.188 e. The maximum absolute atomic E-state index is 5.98. The van der Waals surface area contributed by atoms with Gasteiger partial charge < -0.3 is 15.8 Å². The Hall–Kier alpha value is -0.770. The molecule has 2 rings (SSSR count). The third-order valence-corrected chi connectivity index (χ3v) is 4.07. The van der Waals surface area contributed by atoms with Gasteiger partial charge in [-0.2, -0.15) is 0 Å². The Bertz CT molecular complexity index is 254. The van der Waals surface area contributed by atoms with Crippen molar-refractivity contribution in [3.05, 3.63) is 0 Å². The summed E-state index contributed by atoms with van der Waals surface area (Å²) in [7, 11) is 0.